The van der Waals surface area contributed by atoms with E-state index in [1.165, 1.54) is 19.1 Å². The van der Waals surface area contributed by atoms with Crippen molar-refractivity contribution in [2.75, 3.05) is 11.9 Å². The minimum Gasteiger partial charge on any atom is -0.493 e. The summed E-state index contributed by atoms with van der Waals surface area (Å²) in [6, 6.07) is 13.5. The topological polar surface area (TPSA) is 98.5 Å². The van der Waals surface area contributed by atoms with Crippen LogP contribution in [-0.4, -0.2) is 20.9 Å². The van der Waals surface area contributed by atoms with E-state index in [-0.39, 0.29) is 10.8 Å². The first-order valence-electron chi connectivity index (χ1n) is 6.97. The van der Waals surface area contributed by atoms with E-state index < -0.39 is 10.0 Å². The molecule has 0 unspecified atom stereocenters. The van der Waals surface area contributed by atoms with Gasteiger partial charge in [0.2, 0.25) is 15.9 Å². The zero-order valence-electron chi connectivity index (χ0n) is 12.7. The quantitative estimate of drug-likeness (QED) is 0.843. The van der Waals surface area contributed by atoms with E-state index in [9.17, 15) is 13.2 Å². The first-order chi connectivity index (χ1) is 10.8. The average molecular weight is 334 g/mol. The molecule has 0 atom stereocenters. The van der Waals surface area contributed by atoms with Crippen molar-refractivity contribution in [2.45, 2.75) is 18.2 Å². The van der Waals surface area contributed by atoms with Gasteiger partial charge in [0.15, 0.2) is 0 Å². The second-order valence-corrected chi connectivity index (χ2v) is 6.55. The zero-order valence-corrected chi connectivity index (χ0v) is 13.5. The number of primary sulfonamides is 1. The number of ether oxygens (including phenoxy) is 1. The van der Waals surface area contributed by atoms with Crippen molar-refractivity contribution in [2.24, 2.45) is 5.14 Å². The molecule has 2 rings (SSSR count). The molecule has 3 N–H and O–H groups in total. The number of benzene rings is 2. The van der Waals surface area contributed by atoms with E-state index in [4.69, 9.17) is 9.88 Å². The monoisotopic (exact) mass is 334 g/mol. The maximum absolute atomic E-state index is 11.2. The molecule has 1 amide bonds. The Balaban J connectivity index is 1.86. The highest BCUT2D eigenvalue weighted by Crippen LogP contribution is 2.16. The minimum atomic E-state index is -3.66. The highest BCUT2D eigenvalue weighted by Gasteiger charge is 2.06. The van der Waals surface area contributed by atoms with E-state index in [1.807, 2.05) is 0 Å². The minimum absolute atomic E-state index is 0.0933. The van der Waals surface area contributed by atoms with E-state index in [1.54, 1.807) is 36.4 Å². The van der Waals surface area contributed by atoms with Crippen molar-refractivity contribution >= 4 is 21.6 Å². The Kier molecular flexibility index (Phi) is 5.36. The lowest BCUT2D eigenvalue weighted by Crippen LogP contribution is -2.12. The standard InChI is InChI=1S/C16H18N2O4S/c1-12(19)18-14-4-6-15(7-5-14)22-11-10-13-2-8-16(9-3-13)23(17,20)21/h2-9H,10-11H2,1H3,(H,18,19)(H2,17,20,21). The van der Waals surface area contributed by atoms with Gasteiger partial charge in [-0.15, -0.1) is 0 Å². The van der Waals surface area contributed by atoms with Gasteiger partial charge in [0.05, 0.1) is 11.5 Å². The number of anilines is 1. The summed E-state index contributed by atoms with van der Waals surface area (Å²) >= 11 is 0. The number of nitrogens with two attached hydrogens (primary N) is 1. The third-order valence-corrected chi connectivity index (χ3v) is 4.02. The van der Waals surface area contributed by atoms with Crippen molar-refractivity contribution in [3.8, 4) is 5.75 Å². The second kappa shape index (κ2) is 7.26. The summed E-state index contributed by atoms with van der Waals surface area (Å²) < 4.78 is 27.9. The van der Waals surface area contributed by atoms with Gasteiger partial charge in [-0.25, -0.2) is 13.6 Å². The van der Waals surface area contributed by atoms with Gasteiger partial charge in [-0.3, -0.25) is 4.79 Å². The summed E-state index contributed by atoms with van der Waals surface area (Å²) in [7, 11) is -3.66. The SMILES string of the molecule is CC(=O)Nc1ccc(OCCc2ccc(S(N)(=O)=O)cc2)cc1. The van der Waals surface area contributed by atoms with Crippen LogP contribution < -0.4 is 15.2 Å². The summed E-state index contributed by atoms with van der Waals surface area (Å²) in [5, 5.41) is 7.72. The Labute approximate surface area is 135 Å². The number of sulfonamides is 1. The Bertz CT molecular complexity index is 769. The fraction of sp³-hybridized carbons (Fsp3) is 0.188. The van der Waals surface area contributed by atoms with Gasteiger partial charge in [0.25, 0.3) is 0 Å². The van der Waals surface area contributed by atoms with Gasteiger partial charge in [-0.1, -0.05) is 12.1 Å². The first kappa shape index (κ1) is 17.0. The lowest BCUT2D eigenvalue weighted by molar-refractivity contribution is -0.114. The molecular formula is C16H18N2O4S. The van der Waals surface area contributed by atoms with Crippen molar-refractivity contribution in [1.29, 1.82) is 0 Å². The van der Waals surface area contributed by atoms with Crippen LogP contribution in [0.5, 0.6) is 5.75 Å². The Morgan fingerprint density at radius 3 is 2.22 bits per heavy atom. The van der Waals surface area contributed by atoms with Crippen LogP contribution in [0.15, 0.2) is 53.4 Å². The molecule has 0 aliphatic heterocycles. The predicted molar refractivity (Wildman–Crippen MR) is 87.8 cm³/mol. The number of amides is 1. The van der Waals surface area contributed by atoms with Gasteiger partial charge in [-0.2, -0.15) is 0 Å². The number of rotatable bonds is 6. The van der Waals surface area contributed by atoms with Crippen LogP contribution in [0.3, 0.4) is 0 Å². The number of hydrogen-bond acceptors (Lipinski definition) is 4. The van der Waals surface area contributed by atoms with Crippen LogP contribution >= 0.6 is 0 Å². The summed E-state index contributed by atoms with van der Waals surface area (Å²) in [6.07, 6.45) is 0.637. The first-order valence-corrected chi connectivity index (χ1v) is 8.51. The largest absolute Gasteiger partial charge is 0.493 e. The fourth-order valence-electron chi connectivity index (χ4n) is 1.97. The maximum Gasteiger partial charge on any atom is 0.238 e. The van der Waals surface area contributed by atoms with Crippen LogP contribution in [0.1, 0.15) is 12.5 Å². The highest BCUT2D eigenvalue weighted by molar-refractivity contribution is 7.89. The molecule has 0 aliphatic rings. The Morgan fingerprint density at radius 1 is 1.09 bits per heavy atom. The number of nitrogens with one attached hydrogen (secondary N) is 1. The number of hydrogen-bond donors (Lipinski definition) is 2. The highest BCUT2D eigenvalue weighted by atomic mass is 32.2. The number of carbonyl (C=O) groups is 1. The molecule has 0 saturated carbocycles. The molecule has 0 radical (unpaired) electrons. The molecule has 7 heteroatoms. The number of carbonyl (C=O) groups excluding carboxylic acids is 1. The zero-order chi connectivity index (χ0) is 16.9. The van der Waals surface area contributed by atoms with Gasteiger partial charge < -0.3 is 10.1 Å². The molecule has 0 aromatic heterocycles. The van der Waals surface area contributed by atoms with E-state index in [2.05, 4.69) is 5.32 Å². The third kappa shape index (κ3) is 5.39. The van der Waals surface area contributed by atoms with Crippen molar-refractivity contribution < 1.29 is 17.9 Å². The van der Waals surface area contributed by atoms with E-state index in [0.29, 0.717) is 24.5 Å². The molecule has 0 heterocycles. The fourth-order valence-corrected chi connectivity index (χ4v) is 2.49. The van der Waals surface area contributed by atoms with Crippen molar-refractivity contribution in [1.82, 2.24) is 0 Å². The van der Waals surface area contributed by atoms with Crippen molar-refractivity contribution in [3.05, 3.63) is 54.1 Å². The Morgan fingerprint density at radius 2 is 1.70 bits per heavy atom. The molecule has 0 aliphatic carbocycles. The summed E-state index contributed by atoms with van der Waals surface area (Å²) in [5.41, 5.74) is 1.66. The lowest BCUT2D eigenvalue weighted by atomic mass is 10.2. The van der Waals surface area contributed by atoms with Gasteiger partial charge in [-0.05, 0) is 42.0 Å². The summed E-state index contributed by atoms with van der Waals surface area (Å²) in [6.45, 7) is 1.90. The molecule has 0 spiro atoms. The normalized spacial score (nSPS) is 11.0. The van der Waals surface area contributed by atoms with Crippen molar-refractivity contribution in [3.63, 3.8) is 0 Å². The predicted octanol–water partition coefficient (Wildman–Crippen LogP) is 1.91. The Hall–Kier alpha value is -2.38. The molecule has 0 saturated heterocycles. The van der Waals surface area contributed by atoms with Crippen LogP contribution in [0.4, 0.5) is 5.69 Å². The second-order valence-electron chi connectivity index (χ2n) is 4.99. The van der Waals surface area contributed by atoms with Gasteiger partial charge in [0, 0.05) is 19.0 Å². The molecule has 2 aromatic rings. The van der Waals surface area contributed by atoms with E-state index >= 15 is 0 Å². The van der Waals surface area contributed by atoms with Crippen LogP contribution in [0.25, 0.3) is 0 Å². The van der Waals surface area contributed by atoms with Crippen LogP contribution in [0.2, 0.25) is 0 Å². The molecule has 6 nitrogen and oxygen atoms in total. The third-order valence-electron chi connectivity index (χ3n) is 3.09. The summed E-state index contributed by atoms with van der Waals surface area (Å²) in [5.74, 6) is 0.571. The van der Waals surface area contributed by atoms with Crippen LogP contribution in [0, 0.1) is 0 Å². The molecule has 0 fully saturated rings. The van der Waals surface area contributed by atoms with Gasteiger partial charge >= 0.3 is 0 Å². The molecule has 2 aromatic carbocycles. The van der Waals surface area contributed by atoms with Gasteiger partial charge in [0.1, 0.15) is 5.75 Å². The molecule has 0 bridgehead atoms. The summed E-state index contributed by atoms with van der Waals surface area (Å²) in [4.78, 5) is 11.0. The average Bonchev–Trinajstić information content (AvgIpc) is 2.48. The maximum atomic E-state index is 11.2. The lowest BCUT2D eigenvalue weighted by Gasteiger charge is -2.08. The molecule has 122 valence electrons. The molecule has 23 heavy (non-hydrogen) atoms. The molecular weight excluding hydrogens is 316 g/mol. The van der Waals surface area contributed by atoms with Crippen LogP contribution in [-0.2, 0) is 21.2 Å². The van der Waals surface area contributed by atoms with E-state index in [0.717, 1.165) is 5.56 Å². The smallest absolute Gasteiger partial charge is 0.238 e.